The Balaban J connectivity index is 1.34. The number of ether oxygens (including phenoxy) is 2. The molecule has 1 aliphatic heterocycles. The molecule has 2 aromatic heterocycles. The van der Waals surface area contributed by atoms with Crippen LogP contribution in [0.25, 0.3) is 11.2 Å². The molecule has 0 bridgehead atoms. The number of carbonyl (C=O) groups is 2. The van der Waals surface area contributed by atoms with Crippen LogP contribution < -0.4 is 15.8 Å². The second kappa shape index (κ2) is 14.1. The molecule has 2 atom stereocenters. The van der Waals surface area contributed by atoms with Crippen LogP contribution in [0.2, 0.25) is 5.02 Å². The second-order valence-corrected chi connectivity index (χ2v) is 9.87. The van der Waals surface area contributed by atoms with Gasteiger partial charge in [0.2, 0.25) is 5.82 Å². The van der Waals surface area contributed by atoms with Gasteiger partial charge < -0.3 is 35.6 Å². The average molecular weight is 586 g/mol. The molecular formula is C27H32ClN7O6. The Morgan fingerprint density at radius 1 is 1.24 bits per heavy atom. The lowest BCUT2D eigenvalue weighted by Gasteiger charge is -2.30. The number of amides is 2. The van der Waals surface area contributed by atoms with Gasteiger partial charge in [0.05, 0.1) is 12.9 Å². The Labute approximate surface area is 241 Å². The summed E-state index contributed by atoms with van der Waals surface area (Å²) in [6.45, 7) is 2.37. The molecule has 5 N–H and O–H groups in total. The number of piperidine rings is 1. The first-order valence-corrected chi connectivity index (χ1v) is 13.5. The number of hydrogen-bond acceptors (Lipinski definition) is 10. The van der Waals surface area contributed by atoms with Crippen LogP contribution in [0.15, 0.2) is 30.6 Å². The van der Waals surface area contributed by atoms with Crippen LogP contribution >= 0.6 is 11.6 Å². The van der Waals surface area contributed by atoms with Crippen LogP contribution in [0.5, 0.6) is 5.75 Å². The average Bonchev–Trinajstić information content (AvgIpc) is 3.38. The highest BCUT2D eigenvalue weighted by Crippen LogP contribution is 2.22. The molecular weight excluding hydrogens is 554 g/mol. The van der Waals surface area contributed by atoms with Crippen molar-refractivity contribution in [2.24, 2.45) is 5.92 Å². The first-order chi connectivity index (χ1) is 19.8. The molecule has 0 aliphatic carbocycles. The summed E-state index contributed by atoms with van der Waals surface area (Å²) in [5.41, 5.74) is 6.77. The van der Waals surface area contributed by atoms with Gasteiger partial charge in [0.15, 0.2) is 17.6 Å². The van der Waals surface area contributed by atoms with Crippen LogP contribution in [-0.2, 0) is 16.3 Å². The highest BCUT2D eigenvalue weighted by Gasteiger charge is 2.27. The van der Waals surface area contributed by atoms with E-state index in [2.05, 4.69) is 32.1 Å². The summed E-state index contributed by atoms with van der Waals surface area (Å²) in [5.74, 6) is 6.60. The van der Waals surface area contributed by atoms with E-state index in [1.165, 1.54) is 10.9 Å². The third kappa shape index (κ3) is 7.83. The van der Waals surface area contributed by atoms with Crippen molar-refractivity contribution in [3.8, 4) is 17.6 Å². The van der Waals surface area contributed by atoms with E-state index in [0.717, 1.165) is 12.8 Å². The summed E-state index contributed by atoms with van der Waals surface area (Å²) in [6.07, 6.45) is 0.500. The predicted octanol–water partition coefficient (Wildman–Crippen LogP) is 1.55. The quantitative estimate of drug-likeness (QED) is 0.269. The largest absolute Gasteiger partial charge is 0.415 e. The van der Waals surface area contributed by atoms with Gasteiger partial charge in [0.25, 0.3) is 5.91 Å². The number of aliphatic hydroxyl groups excluding tert-OH is 2. The fourth-order valence-corrected chi connectivity index (χ4v) is 4.40. The topological polar surface area (TPSA) is 178 Å². The normalized spacial score (nSPS) is 15.2. The number of aliphatic hydroxyl groups is 2. The molecule has 4 rings (SSSR count). The highest BCUT2D eigenvalue weighted by atomic mass is 35.5. The molecule has 3 heterocycles. The summed E-state index contributed by atoms with van der Waals surface area (Å²) in [6, 6.07) is 6.64. The van der Waals surface area contributed by atoms with Crippen LogP contribution in [0.4, 0.5) is 10.6 Å². The third-order valence-electron chi connectivity index (χ3n) is 6.51. The molecule has 14 heteroatoms. The van der Waals surface area contributed by atoms with Gasteiger partial charge >= 0.3 is 6.09 Å². The Morgan fingerprint density at radius 3 is 2.66 bits per heavy atom. The fourth-order valence-electron chi connectivity index (χ4n) is 4.27. The second-order valence-electron chi connectivity index (χ2n) is 9.44. The maximum absolute atomic E-state index is 12.5. The molecule has 1 saturated heterocycles. The molecule has 0 unspecified atom stereocenters. The molecule has 41 heavy (non-hydrogen) atoms. The fraction of sp³-hybridized carbons (Fsp3) is 0.444. The van der Waals surface area contributed by atoms with Gasteiger partial charge in [-0.15, -0.1) is 0 Å². The first-order valence-electron chi connectivity index (χ1n) is 13.2. The zero-order chi connectivity index (χ0) is 29.4. The summed E-state index contributed by atoms with van der Waals surface area (Å²) in [7, 11) is 0. The van der Waals surface area contributed by atoms with Crippen molar-refractivity contribution in [1.29, 1.82) is 0 Å². The van der Waals surface area contributed by atoms with Crippen molar-refractivity contribution in [3.63, 3.8) is 0 Å². The number of fused-ring (bicyclic) bond motifs is 1. The summed E-state index contributed by atoms with van der Waals surface area (Å²) in [5, 5.41) is 22.4. The zero-order valence-electron chi connectivity index (χ0n) is 22.5. The number of rotatable bonds is 9. The monoisotopic (exact) mass is 585 g/mol. The van der Waals surface area contributed by atoms with Crippen molar-refractivity contribution < 1.29 is 29.3 Å². The molecule has 1 aromatic carbocycles. The SMILES string of the molecule is CCNC(=O)[C@@H](OCn1cnc2c(N)nc(C#CCC3CCN(C(=O)Oc4ccc(Cl)cc4)CC3)nc21)[C@H](O)CO. The minimum Gasteiger partial charge on any atom is -0.410 e. The standard InChI is InChI=1S/C27H32ClN7O6/c1-2-30-26(38)23(20(37)14-36)40-16-35-15-31-22-24(29)32-21(33-25(22)35)5-3-4-17-10-12-34(13-11-17)27(39)41-19-8-6-18(28)7-9-19/h6-9,15,17,20,23,36-37H,2,4,10-14,16H2,1H3,(H,30,38)(H2,29,32,33)/t20-,23+/m1/s1. The number of halogens is 1. The van der Waals surface area contributed by atoms with Crippen LogP contribution in [0.1, 0.15) is 32.0 Å². The number of aromatic nitrogens is 4. The first kappa shape index (κ1) is 30.0. The van der Waals surface area contributed by atoms with E-state index in [9.17, 15) is 19.8 Å². The smallest absolute Gasteiger partial charge is 0.410 e. The summed E-state index contributed by atoms with van der Waals surface area (Å²) in [4.78, 5) is 39.3. The Hall–Kier alpha value is -3.96. The number of likely N-dealkylation sites (N-methyl/N-ethyl adjacent to an activating group) is 1. The van der Waals surface area contributed by atoms with Gasteiger partial charge in [-0.2, -0.15) is 0 Å². The lowest BCUT2D eigenvalue weighted by atomic mass is 9.94. The summed E-state index contributed by atoms with van der Waals surface area (Å²) < 4.78 is 12.5. The number of imidazole rings is 1. The molecule has 0 saturated carbocycles. The maximum atomic E-state index is 12.5. The number of likely N-dealkylation sites (tertiary alicyclic amines) is 1. The lowest BCUT2D eigenvalue weighted by molar-refractivity contribution is -0.147. The Bertz CT molecular complexity index is 1410. The van der Waals surface area contributed by atoms with Crippen LogP contribution in [0, 0.1) is 17.8 Å². The van der Waals surface area contributed by atoms with Gasteiger partial charge in [-0.3, -0.25) is 9.36 Å². The van der Waals surface area contributed by atoms with E-state index in [-0.39, 0.29) is 18.4 Å². The van der Waals surface area contributed by atoms with Gasteiger partial charge in [-0.1, -0.05) is 17.5 Å². The molecule has 1 fully saturated rings. The Kier molecular flexibility index (Phi) is 10.3. The van der Waals surface area contributed by atoms with Crippen LogP contribution in [-0.4, -0.2) is 85.1 Å². The number of carbonyl (C=O) groups excluding carboxylic acids is 2. The number of nitrogens with one attached hydrogen (secondary N) is 1. The molecule has 218 valence electrons. The van der Waals surface area contributed by atoms with E-state index >= 15 is 0 Å². The maximum Gasteiger partial charge on any atom is 0.415 e. The van der Waals surface area contributed by atoms with Crippen LogP contribution in [0.3, 0.4) is 0 Å². The van der Waals surface area contributed by atoms with Crippen molar-refractivity contribution in [3.05, 3.63) is 41.4 Å². The Morgan fingerprint density at radius 2 is 1.98 bits per heavy atom. The van der Waals surface area contributed by atoms with Gasteiger partial charge in [0.1, 0.15) is 24.1 Å². The predicted molar refractivity (Wildman–Crippen MR) is 150 cm³/mol. The number of anilines is 1. The van der Waals surface area contributed by atoms with Crippen molar-refractivity contribution in [2.45, 2.75) is 45.1 Å². The van der Waals surface area contributed by atoms with E-state index in [4.69, 9.17) is 26.8 Å². The minimum atomic E-state index is -1.40. The highest BCUT2D eigenvalue weighted by molar-refractivity contribution is 6.30. The van der Waals surface area contributed by atoms with E-state index < -0.39 is 30.8 Å². The van der Waals surface area contributed by atoms with Crippen molar-refractivity contribution in [1.82, 2.24) is 29.7 Å². The van der Waals surface area contributed by atoms with Gasteiger partial charge in [-0.05, 0) is 55.9 Å². The lowest BCUT2D eigenvalue weighted by Crippen LogP contribution is -2.45. The van der Waals surface area contributed by atoms with Gasteiger partial charge in [-0.25, -0.2) is 19.7 Å². The van der Waals surface area contributed by atoms with Crippen molar-refractivity contribution in [2.75, 3.05) is 32.0 Å². The molecule has 13 nitrogen and oxygen atoms in total. The molecule has 0 spiro atoms. The third-order valence-corrected chi connectivity index (χ3v) is 6.76. The number of nitrogens with zero attached hydrogens (tertiary/aromatic N) is 5. The van der Waals surface area contributed by atoms with E-state index in [1.54, 1.807) is 36.1 Å². The molecule has 1 aliphatic rings. The minimum absolute atomic E-state index is 0.140. The van der Waals surface area contributed by atoms with Crippen molar-refractivity contribution >= 4 is 40.6 Å². The van der Waals surface area contributed by atoms with Gasteiger partial charge in [0, 0.05) is 31.1 Å². The zero-order valence-corrected chi connectivity index (χ0v) is 23.3. The van der Waals surface area contributed by atoms with E-state index in [1.807, 2.05) is 0 Å². The number of benzene rings is 1. The molecule has 3 aromatic rings. The summed E-state index contributed by atoms with van der Waals surface area (Å²) >= 11 is 5.87. The molecule has 2 amide bonds. The number of nitrogen functional groups attached to an aromatic ring is 1. The number of nitrogens with two attached hydrogens (primary N) is 1. The molecule has 0 radical (unpaired) electrons. The van der Waals surface area contributed by atoms with E-state index in [0.29, 0.717) is 53.9 Å². The number of hydrogen-bond donors (Lipinski definition) is 4.